The fraction of sp³-hybridized carbons (Fsp3) is 0.250. The van der Waals surface area contributed by atoms with Crippen LogP contribution >= 0.6 is 0 Å². The Hall–Kier alpha value is -2.18. The lowest BCUT2D eigenvalue weighted by Gasteiger charge is -2.13. The van der Waals surface area contributed by atoms with Gasteiger partial charge in [0.25, 0.3) is 0 Å². The summed E-state index contributed by atoms with van der Waals surface area (Å²) in [5.74, 6) is -8.49. The van der Waals surface area contributed by atoms with Crippen molar-refractivity contribution in [1.29, 1.82) is 0 Å². The van der Waals surface area contributed by atoms with E-state index in [1.807, 2.05) is 0 Å². The number of carboxylic acids is 3. The van der Waals surface area contributed by atoms with Gasteiger partial charge in [-0.15, -0.1) is 0 Å². The molecule has 15 heavy (non-hydrogen) atoms. The molecule has 0 N–H and O–H groups in total. The molecule has 0 aliphatic rings. The first kappa shape index (κ1) is 12.8. The van der Waals surface area contributed by atoms with Crippen LogP contribution in [0.5, 0.6) is 0 Å². The summed E-state index contributed by atoms with van der Waals surface area (Å²) >= 11 is 0. The SMILES string of the molecule is O=C([O-])CC(/C=C\C(=O)C(=O)[O-])C(=O)[O-]. The van der Waals surface area contributed by atoms with Gasteiger partial charge in [-0.3, -0.25) is 4.79 Å². The van der Waals surface area contributed by atoms with E-state index in [1.165, 1.54) is 0 Å². The molecule has 7 heteroatoms. The van der Waals surface area contributed by atoms with Crippen LogP contribution in [0.3, 0.4) is 0 Å². The summed E-state index contributed by atoms with van der Waals surface area (Å²) in [7, 11) is 0. The van der Waals surface area contributed by atoms with E-state index in [4.69, 9.17) is 0 Å². The second-order valence-electron chi connectivity index (χ2n) is 2.51. The predicted molar refractivity (Wildman–Crippen MR) is 37.3 cm³/mol. The smallest absolute Gasteiger partial charge is 0.200 e. The molecule has 0 saturated carbocycles. The first-order valence-electron chi connectivity index (χ1n) is 3.68. The van der Waals surface area contributed by atoms with Gasteiger partial charge < -0.3 is 29.7 Å². The highest BCUT2D eigenvalue weighted by Gasteiger charge is 2.07. The van der Waals surface area contributed by atoms with E-state index in [0.29, 0.717) is 12.2 Å². The molecule has 0 aliphatic heterocycles. The van der Waals surface area contributed by atoms with Crippen molar-refractivity contribution in [2.75, 3.05) is 0 Å². The van der Waals surface area contributed by atoms with E-state index in [-0.39, 0.29) is 0 Å². The molecular formula is C8H5O7-3. The summed E-state index contributed by atoms with van der Waals surface area (Å²) in [5.41, 5.74) is 0. The van der Waals surface area contributed by atoms with Gasteiger partial charge in [-0.2, -0.15) is 0 Å². The maximum absolute atomic E-state index is 10.4. The molecule has 0 amide bonds. The molecule has 0 aromatic rings. The van der Waals surface area contributed by atoms with Gasteiger partial charge in [0.15, 0.2) is 0 Å². The number of carbonyl (C=O) groups excluding carboxylic acids is 4. The standard InChI is InChI=1S/C8H8O7/c9-5(8(14)15)2-1-4(7(12)13)3-6(10)11/h1-2,4H,3H2,(H,10,11)(H,12,13)(H,14,15)/p-3/b2-1-. The zero-order valence-corrected chi connectivity index (χ0v) is 7.30. The molecule has 0 fully saturated rings. The van der Waals surface area contributed by atoms with Crippen molar-refractivity contribution in [3.63, 3.8) is 0 Å². The molecule has 1 unspecified atom stereocenters. The van der Waals surface area contributed by atoms with E-state index < -0.39 is 36.0 Å². The number of carbonyl (C=O) groups is 4. The van der Waals surface area contributed by atoms with Gasteiger partial charge in [0, 0.05) is 17.9 Å². The highest BCUT2D eigenvalue weighted by atomic mass is 16.4. The van der Waals surface area contributed by atoms with Gasteiger partial charge >= 0.3 is 0 Å². The van der Waals surface area contributed by atoms with Gasteiger partial charge in [0.2, 0.25) is 5.78 Å². The quantitative estimate of drug-likeness (QED) is 0.319. The van der Waals surface area contributed by atoms with Crippen LogP contribution in [-0.4, -0.2) is 23.7 Å². The number of aliphatic carboxylic acids is 3. The van der Waals surface area contributed by atoms with Gasteiger partial charge in [-0.05, 0) is 12.5 Å². The summed E-state index contributed by atoms with van der Waals surface area (Å²) in [6.45, 7) is 0. The Morgan fingerprint density at radius 1 is 1.07 bits per heavy atom. The molecule has 0 bridgehead atoms. The number of hydrogen-bond acceptors (Lipinski definition) is 7. The zero-order valence-electron chi connectivity index (χ0n) is 7.30. The maximum atomic E-state index is 10.4. The lowest BCUT2D eigenvalue weighted by Crippen LogP contribution is -2.35. The molecule has 7 nitrogen and oxygen atoms in total. The molecule has 0 saturated heterocycles. The Bertz CT molecular complexity index is 328. The number of carboxylic acid groups (broad SMARTS) is 3. The molecule has 0 aromatic carbocycles. The van der Waals surface area contributed by atoms with Crippen molar-refractivity contribution in [2.45, 2.75) is 6.42 Å². The topological polar surface area (TPSA) is 137 Å². The average molecular weight is 213 g/mol. The fourth-order valence-electron chi connectivity index (χ4n) is 0.681. The van der Waals surface area contributed by atoms with E-state index in [2.05, 4.69) is 0 Å². The maximum Gasteiger partial charge on any atom is 0.200 e. The van der Waals surface area contributed by atoms with Crippen LogP contribution in [0.1, 0.15) is 6.42 Å². The summed E-state index contributed by atoms with van der Waals surface area (Å²) in [6.07, 6.45) is 0.0984. The largest absolute Gasteiger partial charge is 0.550 e. The van der Waals surface area contributed by atoms with E-state index in [1.54, 1.807) is 0 Å². The second kappa shape index (κ2) is 5.53. The lowest BCUT2D eigenvalue weighted by atomic mass is 10.1. The van der Waals surface area contributed by atoms with E-state index in [9.17, 15) is 34.5 Å². The molecule has 0 heterocycles. The van der Waals surface area contributed by atoms with Gasteiger partial charge in [-0.25, -0.2) is 0 Å². The van der Waals surface area contributed by atoms with Crippen molar-refractivity contribution >= 4 is 23.7 Å². The monoisotopic (exact) mass is 213 g/mol. The van der Waals surface area contributed by atoms with Crippen LogP contribution in [0.25, 0.3) is 0 Å². The van der Waals surface area contributed by atoms with Crippen LogP contribution in [0.15, 0.2) is 12.2 Å². The Balaban J connectivity index is 4.54. The molecule has 0 aromatic heterocycles. The molecule has 0 rings (SSSR count). The fourth-order valence-corrected chi connectivity index (χ4v) is 0.681. The van der Waals surface area contributed by atoms with Crippen LogP contribution in [0, 0.1) is 5.92 Å². The summed E-state index contributed by atoms with van der Waals surface area (Å²) in [5, 5.41) is 30.2. The summed E-state index contributed by atoms with van der Waals surface area (Å²) in [4.78, 5) is 40.7. The lowest BCUT2D eigenvalue weighted by molar-refractivity contribution is -0.318. The highest BCUT2D eigenvalue weighted by Crippen LogP contribution is 2.03. The van der Waals surface area contributed by atoms with Gasteiger partial charge in [0.1, 0.15) is 5.97 Å². The van der Waals surface area contributed by atoms with Crippen LogP contribution in [0.4, 0.5) is 0 Å². The Labute approximate surface area is 83.6 Å². The van der Waals surface area contributed by atoms with Crippen molar-refractivity contribution in [3.8, 4) is 0 Å². The van der Waals surface area contributed by atoms with Gasteiger partial charge in [-0.1, -0.05) is 6.08 Å². The molecule has 0 radical (unpaired) electrons. The molecule has 1 atom stereocenters. The average Bonchev–Trinajstić information content (AvgIpc) is 2.10. The molecular weight excluding hydrogens is 208 g/mol. The zero-order chi connectivity index (χ0) is 12.0. The number of hydrogen-bond donors (Lipinski definition) is 0. The molecule has 0 spiro atoms. The summed E-state index contributed by atoms with van der Waals surface area (Å²) in [6, 6.07) is 0. The third-order valence-corrected chi connectivity index (χ3v) is 1.37. The Kier molecular flexibility index (Phi) is 4.73. The van der Waals surface area contributed by atoms with Crippen LogP contribution in [-0.2, 0) is 19.2 Å². The predicted octanol–water partition coefficient (Wildman–Crippen LogP) is -4.63. The van der Waals surface area contributed by atoms with Crippen LogP contribution in [0.2, 0.25) is 0 Å². The third-order valence-electron chi connectivity index (χ3n) is 1.37. The van der Waals surface area contributed by atoms with Crippen molar-refractivity contribution < 1.29 is 34.5 Å². The summed E-state index contributed by atoms with van der Waals surface area (Å²) < 4.78 is 0. The van der Waals surface area contributed by atoms with E-state index >= 15 is 0 Å². The van der Waals surface area contributed by atoms with Gasteiger partial charge in [0.05, 0.1) is 0 Å². The Morgan fingerprint density at radius 2 is 1.60 bits per heavy atom. The minimum absolute atomic E-state index is 0.402. The minimum atomic E-state index is -2.02. The highest BCUT2D eigenvalue weighted by molar-refractivity contribution is 6.36. The molecule has 0 aliphatic carbocycles. The first-order valence-corrected chi connectivity index (χ1v) is 3.68. The second-order valence-corrected chi connectivity index (χ2v) is 2.51. The third kappa shape index (κ3) is 5.19. The van der Waals surface area contributed by atoms with E-state index in [0.717, 1.165) is 0 Å². The Morgan fingerprint density at radius 3 is 1.93 bits per heavy atom. The van der Waals surface area contributed by atoms with Crippen molar-refractivity contribution in [3.05, 3.63) is 12.2 Å². The minimum Gasteiger partial charge on any atom is -0.550 e. The first-order chi connectivity index (χ1) is 6.84. The number of ketones is 1. The van der Waals surface area contributed by atoms with Crippen LogP contribution < -0.4 is 15.3 Å². The number of rotatable bonds is 6. The van der Waals surface area contributed by atoms with Crippen molar-refractivity contribution in [2.24, 2.45) is 5.92 Å². The van der Waals surface area contributed by atoms with Crippen molar-refractivity contribution in [1.82, 2.24) is 0 Å². The normalized spacial score (nSPS) is 12.3. The molecule has 82 valence electrons.